The van der Waals surface area contributed by atoms with E-state index in [0.29, 0.717) is 17.9 Å². The van der Waals surface area contributed by atoms with Gasteiger partial charge in [-0.1, -0.05) is 12.1 Å². The molecule has 0 radical (unpaired) electrons. The Morgan fingerprint density at radius 1 is 1.04 bits per heavy atom. The number of nitrogens with zero attached hydrogens (tertiary/aromatic N) is 2. The van der Waals surface area contributed by atoms with Crippen molar-refractivity contribution < 1.29 is 14.3 Å². The number of fused-ring (bicyclic) bond motifs is 2. The normalized spacial score (nSPS) is 18.1. The summed E-state index contributed by atoms with van der Waals surface area (Å²) in [7, 11) is 0. The van der Waals surface area contributed by atoms with Crippen LogP contribution in [0.3, 0.4) is 0 Å². The first-order valence-electron chi connectivity index (χ1n) is 7.78. The standard InChI is InChI=1S/C17H18N2O3S/c20-17-13-11-23-12-16(13)22-15-4-2-1-3-14(15)19(17)6-5-18-7-9-21-10-8-18/h1-4,11-12H,5-10H2. The van der Waals surface area contributed by atoms with Crippen LogP contribution in [0.4, 0.5) is 5.69 Å². The molecular formula is C17H18N2O3S. The number of amides is 1. The molecule has 1 amide bonds. The Labute approximate surface area is 139 Å². The summed E-state index contributed by atoms with van der Waals surface area (Å²) in [5.41, 5.74) is 1.49. The fourth-order valence-corrected chi connectivity index (χ4v) is 3.67. The molecule has 0 bridgehead atoms. The smallest absolute Gasteiger partial charge is 0.263 e. The minimum absolute atomic E-state index is 0.0134. The molecule has 5 nitrogen and oxygen atoms in total. The Morgan fingerprint density at radius 2 is 1.87 bits per heavy atom. The Kier molecular flexibility index (Phi) is 4.03. The van der Waals surface area contributed by atoms with Crippen LogP contribution in [-0.2, 0) is 4.74 Å². The van der Waals surface area contributed by atoms with E-state index < -0.39 is 0 Å². The van der Waals surface area contributed by atoms with Crippen molar-refractivity contribution >= 4 is 22.9 Å². The molecule has 0 aliphatic carbocycles. The topological polar surface area (TPSA) is 42.0 Å². The minimum Gasteiger partial charge on any atom is -0.453 e. The summed E-state index contributed by atoms with van der Waals surface area (Å²) >= 11 is 1.49. The number of thiophene rings is 1. The molecule has 0 N–H and O–H groups in total. The molecule has 1 fully saturated rings. The van der Waals surface area contributed by atoms with Gasteiger partial charge in [-0.15, -0.1) is 11.3 Å². The lowest BCUT2D eigenvalue weighted by Crippen LogP contribution is -2.43. The predicted octanol–water partition coefficient (Wildman–Crippen LogP) is 2.83. The zero-order chi connectivity index (χ0) is 15.6. The van der Waals surface area contributed by atoms with E-state index in [0.717, 1.165) is 44.3 Å². The van der Waals surface area contributed by atoms with Gasteiger partial charge in [-0.05, 0) is 12.1 Å². The number of carbonyl (C=O) groups is 1. The Hall–Kier alpha value is -1.89. The Morgan fingerprint density at radius 3 is 2.74 bits per heavy atom. The van der Waals surface area contributed by atoms with Gasteiger partial charge >= 0.3 is 0 Å². The number of hydrogen-bond acceptors (Lipinski definition) is 5. The van der Waals surface area contributed by atoms with Crippen molar-refractivity contribution in [2.75, 3.05) is 44.3 Å². The van der Waals surface area contributed by atoms with E-state index in [-0.39, 0.29) is 5.91 Å². The van der Waals surface area contributed by atoms with Gasteiger partial charge in [0, 0.05) is 36.9 Å². The van der Waals surface area contributed by atoms with Crippen LogP contribution in [0, 0.1) is 0 Å². The first kappa shape index (κ1) is 14.7. The number of rotatable bonds is 3. The average molecular weight is 330 g/mol. The summed E-state index contributed by atoms with van der Waals surface area (Å²) in [5, 5.41) is 3.75. The van der Waals surface area contributed by atoms with E-state index in [9.17, 15) is 4.79 Å². The number of anilines is 1. The molecule has 2 aliphatic heterocycles. The molecule has 0 saturated carbocycles. The van der Waals surface area contributed by atoms with Crippen molar-refractivity contribution in [2.45, 2.75) is 0 Å². The summed E-state index contributed by atoms with van der Waals surface area (Å²) in [4.78, 5) is 17.1. The molecule has 1 saturated heterocycles. The third-order valence-corrected chi connectivity index (χ3v) is 4.94. The van der Waals surface area contributed by atoms with E-state index in [1.807, 2.05) is 39.9 Å². The molecule has 0 atom stereocenters. The van der Waals surface area contributed by atoms with Crippen LogP contribution in [0.2, 0.25) is 0 Å². The van der Waals surface area contributed by atoms with Crippen LogP contribution in [0.25, 0.3) is 0 Å². The SMILES string of the molecule is O=C1c2cscc2Oc2ccccc2N1CCN1CCOCC1. The summed E-state index contributed by atoms with van der Waals surface area (Å²) in [6.07, 6.45) is 0. The molecular weight excluding hydrogens is 312 g/mol. The third-order valence-electron chi connectivity index (χ3n) is 4.22. The van der Waals surface area contributed by atoms with Crippen LogP contribution >= 0.6 is 11.3 Å². The summed E-state index contributed by atoms with van der Waals surface area (Å²) in [6, 6.07) is 7.73. The Bertz CT molecular complexity index is 709. The molecule has 23 heavy (non-hydrogen) atoms. The molecule has 0 unspecified atom stereocenters. The molecule has 120 valence electrons. The monoisotopic (exact) mass is 330 g/mol. The summed E-state index contributed by atoms with van der Waals surface area (Å²) in [6.45, 7) is 4.86. The van der Waals surface area contributed by atoms with Crippen LogP contribution in [-0.4, -0.2) is 50.2 Å². The highest BCUT2D eigenvalue weighted by Gasteiger charge is 2.29. The highest BCUT2D eigenvalue weighted by Crippen LogP contribution is 2.40. The van der Waals surface area contributed by atoms with Crippen LogP contribution in [0.15, 0.2) is 35.0 Å². The highest BCUT2D eigenvalue weighted by molar-refractivity contribution is 7.08. The molecule has 2 aromatic rings. The average Bonchev–Trinajstić information content (AvgIpc) is 3.01. The number of para-hydroxylation sites is 2. The van der Waals surface area contributed by atoms with Gasteiger partial charge < -0.3 is 14.4 Å². The van der Waals surface area contributed by atoms with Crippen LogP contribution in [0.5, 0.6) is 11.5 Å². The number of ether oxygens (including phenoxy) is 2. The molecule has 6 heteroatoms. The molecule has 0 spiro atoms. The van der Waals surface area contributed by atoms with Gasteiger partial charge in [0.1, 0.15) is 0 Å². The zero-order valence-electron chi connectivity index (χ0n) is 12.7. The van der Waals surface area contributed by atoms with Crippen molar-refractivity contribution in [3.05, 3.63) is 40.6 Å². The van der Waals surface area contributed by atoms with E-state index in [4.69, 9.17) is 9.47 Å². The first-order chi connectivity index (χ1) is 11.3. The number of carbonyl (C=O) groups excluding carboxylic acids is 1. The molecule has 3 heterocycles. The molecule has 1 aromatic carbocycles. The molecule has 4 rings (SSSR count). The van der Waals surface area contributed by atoms with E-state index in [1.165, 1.54) is 11.3 Å². The van der Waals surface area contributed by atoms with Gasteiger partial charge in [-0.25, -0.2) is 0 Å². The second-order valence-electron chi connectivity index (χ2n) is 5.63. The fraction of sp³-hybridized carbons (Fsp3) is 0.353. The van der Waals surface area contributed by atoms with Crippen molar-refractivity contribution in [1.29, 1.82) is 0 Å². The van der Waals surface area contributed by atoms with Crippen molar-refractivity contribution in [3.63, 3.8) is 0 Å². The lowest BCUT2D eigenvalue weighted by atomic mass is 10.2. The second kappa shape index (κ2) is 6.31. The van der Waals surface area contributed by atoms with Gasteiger partial charge in [0.25, 0.3) is 5.91 Å². The quantitative estimate of drug-likeness (QED) is 0.868. The van der Waals surface area contributed by atoms with Crippen LogP contribution < -0.4 is 9.64 Å². The minimum atomic E-state index is 0.0134. The first-order valence-corrected chi connectivity index (χ1v) is 8.72. The Balaban J connectivity index is 1.62. The summed E-state index contributed by atoms with van der Waals surface area (Å²) in [5.74, 6) is 1.40. The predicted molar refractivity (Wildman–Crippen MR) is 89.8 cm³/mol. The van der Waals surface area contributed by atoms with E-state index >= 15 is 0 Å². The van der Waals surface area contributed by atoms with Gasteiger partial charge in [0.05, 0.1) is 24.5 Å². The largest absolute Gasteiger partial charge is 0.453 e. The van der Waals surface area contributed by atoms with Gasteiger partial charge in [-0.2, -0.15) is 0 Å². The van der Waals surface area contributed by atoms with Crippen molar-refractivity contribution in [2.24, 2.45) is 0 Å². The number of morpholine rings is 1. The fourth-order valence-electron chi connectivity index (χ4n) is 2.95. The second-order valence-corrected chi connectivity index (χ2v) is 6.37. The van der Waals surface area contributed by atoms with E-state index in [2.05, 4.69) is 4.90 Å². The van der Waals surface area contributed by atoms with Gasteiger partial charge in [0.15, 0.2) is 11.5 Å². The zero-order valence-corrected chi connectivity index (χ0v) is 13.6. The maximum Gasteiger partial charge on any atom is 0.263 e. The summed E-state index contributed by atoms with van der Waals surface area (Å²) < 4.78 is 11.3. The number of benzene rings is 1. The van der Waals surface area contributed by atoms with Gasteiger partial charge in [-0.3, -0.25) is 9.69 Å². The van der Waals surface area contributed by atoms with Gasteiger partial charge in [0.2, 0.25) is 0 Å². The lowest BCUT2D eigenvalue weighted by Gasteiger charge is -2.29. The number of hydrogen-bond donors (Lipinski definition) is 0. The maximum atomic E-state index is 12.9. The maximum absolute atomic E-state index is 12.9. The third kappa shape index (κ3) is 2.85. The van der Waals surface area contributed by atoms with Crippen molar-refractivity contribution in [1.82, 2.24) is 4.90 Å². The van der Waals surface area contributed by atoms with Crippen molar-refractivity contribution in [3.8, 4) is 11.5 Å². The molecule has 1 aromatic heterocycles. The highest BCUT2D eigenvalue weighted by atomic mass is 32.1. The molecule has 2 aliphatic rings. The van der Waals surface area contributed by atoms with Crippen LogP contribution in [0.1, 0.15) is 10.4 Å². The van der Waals surface area contributed by atoms with E-state index in [1.54, 1.807) is 0 Å². The lowest BCUT2D eigenvalue weighted by molar-refractivity contribution is 0.0391.